The highest BCUT2D eigenvalue weighted by Crippen LogP contribution is 2.27. The minimum atomic E-state index is -0.171. The lowest BCUT2D eigenvalue weighted by molar-refractivity contribution is -0.710. The molecule has 3 N–H and O–H groups in total. The molecule has 0 bridgehead atoms. The highest BCUT2D eigenvalue weighted by molar-refractivity contribution is 5.79. The molecule has 1 amide bonds. The number of ether oxygens (including phenoxy) is 2. The van der Waals surface area contributed by atoms with Crippen molar-refractivity contribution < 1.29 is 19.6 Å². The van der Waals surface area contributed by atoms with Crippen LogP contribution in [0.15, 0.2) is 48.5 Å². The third-order valence-corrected chi connectivity index (χ3v) is 4.23. The lowest BCUT2D eigenvalue weighted by atomic mass is 10.1. The number of hydrogen-bond acceptors (Lipinski definition) is 3. The van der Waals surface area contributed by atoms with Gasteiger partial charge in [0.05, 0.1) is 14.2 Å². The molecule has 2 rings (SSSR count). The van der Waals surface area contributed by atoms with E-state index >= 15 is 0 Å². The minimum absolute atomic E-state index is 0.0116. The lowest BCUT2D eigenvalue weighted by Gasteiger charge is -2.17. The number of hydrogen-bond donors (Lipinski definition) is 2. The van der Waals surface area contributed by atoms with E-state index in [-0.39, 0.29) is 18.0 Å². The van der Waals surface area contributed by atoms with Crippen molar-refractivity contribution in [1.29, 1.82) is 0 Å². The Labute approximate surface area is 149 Å². The van der Waals surface area contributed by atoms with Crippen LogP contribution in [-0.4, -0.2) is 26.2 Å². The maximum Gasteiger partial charge on any atom is 0.278 e. The van der Waals surface area contributed by atoms with Crippen LogP contribution >= 0.6 is 0 Å². The first-order chi connectivity index (χ1) is 12.0. The first-order valence-electron chi connectivity index (χ1n) is 8.43. The second-order valence-corrected chi connectivity index (χ2v) is 6.09. The molecular weight excluding hydrogens is 316 g/mol. The Kier molecular flexibility index (Phi) is 6.83. The summed E-state index contributed by atoms with van der Waals surface area (Å²) < 4.78 is 10.5. The van der Waals surface area contributed by atoms with Gasteiger partial charge in [0.15, 0.2) is 17.5 Å². The molecule has 0 saturated carbocycles. The zero-order chi connectivity index (χ0) is 18.2. The van der Waals surface area contributed by atoms with Gasteiger partial charge in [-0.25, -0.2) is 0 Å². The Hall–Kier alpha value is -2.53. The van der Waals surface area contributed by atoms with Crippen molar-refractivity contribution in [1.82, 2.24) is 5.32 Å². The monoisotopic (exact) mass is 343 g/mol. The van der Waals surface area contributed by atoms with Crippen molar-refractivity contribution in [3.8, 4) is 11.5 Å². The van der Waals surface area contributed by atoms with E-state index in [1.807, 2.05) is 43.3 Å². The molecule has 0 fully saturated rings. The van der Waals surface area contributed by atoms with Gasteiger partial charge in [-0.15, -0.1) is 0 Å². The van der Waals surface area contributed by atoms with E-state index in [0.29, 0.717) is 18.0 Å². The number of rotatable bonds is 8. The molecule has 0 unspecified atom stereocenters. The van der Waals surface area contributed by atoms with E-state index in [1.54, 1.807) is 14.2 Å². The van der Waals surface area contributed by atoms with Gasteiger partial charge in [-0.05, 0) is 31.5 Å². The van der Waals surface area contributed by atoms with Gasteiger partial charge in [0, 0.05) is 12.1 Å². The molecule has 0 radical (unpaired) electrons. The maximum absolute atomic E-state index is 12.4. The van der Waals surface area contributed by atoms with Crippen LogP contribution in [0.3, 0.4) is 0 Å². The fourth-order valence-electron chi connectivity index (χ4n) is 2.73. The average molecular weight is 343 g/mol. The number of methoxy groups -OCH3 is 2. The van der Waals surface area contributed by atoms with E-state index < -0.39 is 0 Å². The summed E-state index contributed by atoms with van der Waals surface area (Å²) in [6.45, 7) is 4.48. The normalized spacial score (nSPS) is 13.0. The Morgan fingerprint density at radius 2 is 1.72 bits per heavy atom. The summed E-state index contributed by atoms with van der Waals surface area (Å²) in [5.41, 5.74) is 2.18. The molecule has 2 aromatic rings. The fourth-order valence-corrected chi connectivity index (χ4v) is 2.73. The number of nitrogens with one attached hydrogen (secondary N) is 1. The molecule has 0 aliphatic rings. The zero-order valence-corrected chi connectivity index (χ0v) is 15.3. The maximum atomic E-state index is 12.4. The summed E-state index contributed by atoms with van der Waals surface area (Å²) in [5, 5.41) is 5.05. The highest BCUT2D eigenvalue weighted by Gasteiger charge is 2.20. The van der Waals surface area contributed by atoms with E-state index in [9.17, 15) is 4.79 Å². The van der Waals surface area contributed by atoms with Crippen molar-refractivity contribution >= 4 is 5.91 Å². The molecule has 0 aliphatic heterocycles. The minimum Gasteiger partial charge on any atom is -0.493 e. The molecule has 0 spiro atoms. The standard InChI is InChI=1S/C20H26N2O3/c1-14(17-8-6-5-7-9-17)22-15(2)20(23)21-13-16-10-11-18(24-3)19(12-16)25-4/h5-12,14-15,22H,13H2,1-4H3,(H,21,23)/p+1/t14-,15+/m0/s1. The molecule has 5 nitrogen and oxygen atoms in total. The van der Waals surface area contributed by atoms with Crippen LogP contribution in [0.25, 0.3) is 0 Å². The van der Waals surface area contributed by atoms with Crippen LogP contribution in [0, 0.1) is 0 Å². The van der Waals surface area contributed by atoms with Gasteiger partial charge in [0.25, 0.3) is 5.91 Å². The molecule has 25 heavy (non-hydrogen) atoms. The number of nitrogens with two attached hydrogens (primary N) is 1. The molecule has 0 aliphatic carbocycles. The molecular formula is C20H27N2O3+. The third-order valence-electron chi connectivity index (χ3n) is 4.23. The molecule has 5 heteroatoms. The lowest BCUT2D eigenvalue weighted by Crippen LogP contribution is -2.92. The molecule has 0 saturated heterocycles. The second kappa shape index (κ2) is 9.08. The van der Waals surface area contributed by atoms with Gasteiger partial charge in [-0.3, -0.25) is 4.79 Å². The number of carbonyl (C=O) groups excluding carboxylic acids is 1. The van der Waals surface area contributed by atoms with Crippen LogP contribution in [0.1, 0.15) is 31.0 Å². The predicted octanol–water partition coefficient (Wildman–Crippen LogP) is 2.03. The molecule has 134 valence electrons. The molecule has 2 atom stereocenters. The molecule has 2 aromatic carbocycles. The molecule has 0 aromatic heterocycles. The Morgan fingerprint density at radius 1 is 1.04 bits per heavy atom. The van der Waals surface area contributed by atoms with Gasteiger partial charge in [-0.1, -0.05) is 36.4 Å². The van der Waals surface area contributed by atoms with Crippen LogP contribution in [0.4, 0.5) is 0 Å². The molecule has 0 heterocycles. The number of amides is 1. The topological polar surface area (TPSA) is 64.2 Å². The predicted molar refractivity (Wildman–Crippen MR) is 97.6 cm³/mol. The van der Waals surface area contributed by atoms with Gasteiger partial charge >= 0.3 is 0 Å². The van der Waals surface area contributed by atoms with E-state index in [4.69, 9.17) is 9.47 Å². The Bertz CT molecular complexity index is 689. The number of quaternary nitrogens is 1. The quantitative estimate of drug-likeness (QED) is 0.771. The smallest absolute Gasteiger partial charge is 0.278 e. The largest absolute Gasteiger partial charge is 0.493 e. The van der Waals surface area contributed by atoms with E-state index in [2.05, 4.69) is 29.7 Å². The summed E-state index contributed by atoms with van der Waals surface area (Å²) in [6.07, 6.45) is 0. The highest BCUT2D eigenvalue weighted by atomic mass is 16.5. The summed E-state index contributed by atoms with van der Waals surface area (Å²) in [6, 6.07) is 15.9. The number of carbonyl (C=O) groups is 1. The second-order valence-electron chi connectivity index (χ2n) is 6.09. The first-order valence-corrected chi connectivity index (χ1v) is 8.43. The Morgan fingerprint density at radius 3 is 2.36 bits per heavy atom. The van der Waals surface area contributed by atoms with Crippen molar-refractivity contribution in [3.05, 3.63) is 59.7 Å². The zero-order valence-electron chi connectivity index (χ0n) is 15.3. The Balaban J connectivity index is 1.89. The van der Waals surface area contributed by atoms with Crippen LogP contribution < -0.4 is 20.1 Å². The van der Waals surface area contributed by atoms with Crippen molar-refractivity contribution in [2.24, 2.45) is 0 Å². The summed E-state index contributed by atoms with van der Waals surface area (Å²) in [4.78, 5) is 12.4. The van der Waals surface area contributed by atoms with Gasteiger partial charge in [-0.2, -0.15) is 0 Å². The van der Waals surface area contributed by atoms with E-state index in [1.165, 1.54) is 5.56 Å². The fraction of sp³-hybridized carbons (Fsp3) is 0.350. The summed E-state index contributed by atoms with van der Waals surface area (Å²) in [5.74, 6) is 1.35. The van der Waals surface area contributed by atoms with Gasteiger partial charge in [0.2, 0.25) is 0 Å². The van der Waals surface area contributed by atoms with Crippen molar-refractivity contribution in [2.45, 2.75) is 32.5 Å². The van der Waals surface area contributed by atoms with Crippen molar-refractivity contribution in [3.63, 3.8) is 0 Å². The third kappa shape index (κ3) is 5.22. The first kappa shape index (κ1) is 18.8. The number of benzene rings is 2. The summed E-state index contributed by atoms with van der Waals surface area (Å²) >= 11 is 0. The van der Waals surface area contributed by atoms with Crippen LogP contribution in [0.5, 0.6) is 11.5 Å². The van der Waals surface area contributed by atoms with Gasteiger partial charge in [0.1, 0.15) is 6.04 Å². The van der Waals surface area contributed by atoms with Crippen LogP contribution in [0.2, 0.25) is 0 Å². The summed E-state index contributed by atoms with van der Waals surface area (Å²) in [7, 11) is 3.20. The van der Waals surface area contributed by atoms with Gasteiger partial charge < -0.3 is 20.1 Å². The average Bonchev–Trinajstić information content (AvgIpc) is 2.66. The van der Waals surface area contributed by atoms with Crippen LogP contribution in [-0.2, 0) is 11.3 Å². The van der Waals surface area contributed by atoms with E-state index in [0.717, 1.165) is 5.56 Å². The van der Waals surface area contributed by atoms with Crippen molar-refractivity contribution in [2.75, 3.05) is 14.2 Å². The SMILES string of the molecule is COc1ccc(CNC(=O)[C@@H](C)[NH2+][C@@H](C)c2ccccc2)cc1OC.